The fourth-order valence-corrected chi connectivity index (χ4v) is 5.13. The van der Waals surface area contributed by atoms with Gasteiger partial charge in [-0.05, 0) is 42.2 Å². The van der Waals surface area contributed by atoms with E-state index < -0.39 is 34.3 Å². The molecule has 0 unspecified atom stereocenters. The summed E-state index contributed by atoms with van der Waals surface area (Å²) in [7, 11) is -4.03. The minimum absolute atomic E-state index is 0.0824. The summed E-state index contributed by atoms with van der Waals surface area (Å²) in [6, 6.07) is 21.3. The molecule has 0 fully saturated rings. The molecule has 3 rings (SSSR count). The summed E-state index contributed by atoms with van der Waals surface area (Å²) in [5.74, 6) is -1.70. The molecule has 9 heteroatoms. The van der Waals surface area contributed by atoms with Crippen molar-refractivity contribution in [1.82, 2.24) is 10.2 Å². The van der Waals surface area contributed by atoms with Gasteiger partial charge in [0.15, 0.2) is 0 Å². The number of nitrogens with one attached hydrogen (secondary N) is 1. The monoisotopic (exact) mass is 553 g/mol. The first-order valence-electron chi connectivity index (χ1n) is 13.0. The number of benzene rings is 3. The Morgan fingerprint density at radius 2 is 1.59 bits per heavy atom. The third-order valence-electron chi connectivity index (χ3n) is 6.50. The van der Waals surface area contributed by atoms with Gasteiger partial charge in [-0.2, -0.15) is 0 Å². The average Bonchev–Trinajstić information content (AvgIpc) is 2.90. The fraction of sp³-hybridized carbons (Fsp3) is 0.333. The molecule has 0 saturated carbocycles. The van der Waals surface area contributed by atoms with Crippen molar-refractivity contribution in [2.75, 3.05) is 23.7 Å². The zero-order valence-corrected chi connectivity index (χ0v) is 23.5. The number of nitrogens with zero attached hydrogens (tertiary/aromatic N) is 2. The average molecular weight is 554 g/mol. The highest BCUT2D eigenvalue weighted by Crippen LogP contribution is 2.23. The molecule has 0 heterocycles. The van der Waals surface area contributed by atoms with Gasteiger partial charge in [-0.1, -0.05) is 80.1 Å². The Bertz CT molecular complexity index is 1370. The molecule has 3 aromatic rings. The Kier molecular flexibility index (Phi) is 10.6. The number of halogens is 1. The molecule has 1 atom stereocenters. The maximum absolute atomic E-state index is 14.7. The SMILES string of the molecule is CCCCNC(=O)[C@H](Cc1ccccc1)N(Cc1ccccc1C)C(=O)CN(c1ccccc1F)S(C)(=O)=O. The smallest absolute Gasteiger partial charge is 0.244 e. The molecule has 0 radical (unpaired) electrons. The van der Waals surface area contributed by atoms with Crippen molar-refractivity contribution >= 4 is 27.5 Å². The van der Waals surface area contributed by atoms with Gasteiger partial charge < -0.3 is 10.2 Å². The molecular weight excluding hydrogens is 517 g/mol. The minimum atomic E-state index is -4.03. The van der Waals surface area contributed by atoms with Gasteiger partial charge in [-0.25, -0.2) is 12.8 Å². The van der Waals surface area contributed by atoms with Crippen molar-refractivity contribution in [2.24, 2.45) is 0 Å². The summed E-state index contributed by atoms with van der Waals surface area (Å²) >= 11 is 0. The molecule has 7 nitrogen and oxygen atoms in total. The standard InChI is InChI=1S/C30H36FN3O4S/c1-4-5-19-32-30(36)28(20-24-14-7-6-8-15-24)33(21-25-16-10-9-13-23(25)2)29(35)22-34(39(3,37)38)27-18-12-11-17-26(27)31/h6-18,28H,4-5,19-22H2,1-3H3,(H,32,36)/t28-/m0/s1. The van der Waals surface area contributed by atoms with E-state index in [0.29, 0.717) is 6.54 Å². The topological polar surface area (TPSA) is 86.8 Å². The molecule has 208 valence electrons. The van der Waals surface area contributed by atoms with E-state index in [2.05, 4.69) is 5.32 Å². The number of rotatable bonds is 13. The number of hydrogen-bond donors (Lipinski definition) is 1. The maximum Gasteiger partial charge on any atom is 0.244 e. The van der Waals surface area contributed by atoms with Gasteiger partial charge >= 0.3 is 0 Å². The number of hydrogen-bond acceptors (Lipinski definition) is 4. The van der Waals surface area contributed by atoms with Crippen LogP contribution in [-0.2, 0) is 32.6 Å². The Morgan fingerprint density at radius 3 is 2.23 bits per heavy atom. The molecule has 1 N–H and O–H groups in total. The summed E-state index contributed by atoms with van der Waals surface area (Å²) in [4.78, 5) is 28.9. The molecule has 0 spiro atoms. The zero-order chi connectivity index (χ0) is 28.4. The van der Waals surface area contributed by atoms with Gasteiger partial charge in [0, 0.05) is 19.5 Å². The molecule has 0 bridgehead atoms. The molecule has 39 heavy (non-hydrogen) atoms. The fourth-order valence-electron chi connectivity index (χ4n) is 4.28. The summed E-state index contributed by atoms with van der Waals surface area (Å²) < 4.78 is 40.9. The highest BCUT2D eigenvalue weighted by molar-refractivity contribution is 7.92. The summed E-state index contributed by atoms with van der Waals surface area (Å²) in [6.07, 6.45) is 2.83. The van der Waals surface area contributed by atoms with Crippen molar-refractivity contribution < 1.29 is 22.4 Å². The first kappa shape index (κ1) is 29.8. The van der Waals surface area contributed by atoms with Crippen LogP contribution in [0.15, 0.2) is 78.9 Å². The molecule has 0 aliphatic rings. The normalized spacial score (nSPS) is 12.0. The van der Waals surface area contributed by atoms with E-state index in [4.69, 9.17) is 0 Å². The third kappa shape index (κ3) is 8.38. The summed E-state index contributed by atoms with van der Waals surface area (Å²) in [5.41, 5.74) is 2.37. The Morgan fingerprint density at radius 1 is 0.949 bits per heavy atom. The second-order valence-electron chi connectivity index (χ2n) is 9.52. The molecule has 2 amide bonds. The quantitative estimate of drug-likeness (QED) is 0.317. The molecule has 0 saturated heterocycles. The van der Waals surface area contributed by atoms with Crippen LogP contribution in [0.5, 0.6) is 0 Å². The van der Waals surface area contributed by atoms with E-state index >= 15 is 0 Å². The van der Waals surface area contributed by atoms with Crippen LogP contribution >= 0.6 is 0 Å². The highest BCUT2D eigenvalue weighted by Gasteiger charge is 2.33. The largest absolute Gasteiger partial charge is 0.354 e. The van der Waals surface area contributed by atoms with Crippen LogP contribution in [-0.4, -0.2) is 50.5 Å². The lowest BCUT2D eigenvalue weighted by molar-refractivity contribution is -0.140. The van der Waals surface area contributed by atoms with Gasteiger partial charge in [0.25, 0.3) is 0 Å². The van der Waals surface area contributed by atoms with Crippen LogP contribution in [0.1, 0.15) is 36.5 Å². The number of para-hydroxylation sites is 1. The Balaban J connectivity index is 2.05. The highest BCUT2D eigenvalue weighted by atomic mass is 32.2. The molecule has 0 aliphatic heterocycles. The van der Waals surface area contributed by atoms with E-state index in [1.165, 1.54) is 23.1 Å². The Labute approximate surface area is 230 Å². The summed E-state index contributed by atoms with van der Waals surface area (Å²) in [5, 5.41) is 2.94. The van der Waals surface area contributed by atoms with Gasteiger partial charge in [-0.3, -0.25) is 13.9 Å². The molecule has 3 aromatic carbocycles. The lowest BCUT2D eigenvalue weighted by Gasteiger charge is -2.34. The van der Waals surface area contributed by atoms with Gasteiger partial charge in [0.2, 0.25) is 21.8 Å². The molecule has 0 aromatic heterocycles. The number of unbranched alkanes of at least 4 members (excludes halogenated alkanes) is 1. The van der Waals surface area contributed by atoms with E-state index in [1.54, 1.807) is 0 Å². The van der Waals surface area contributed by atoms with Crippen LogP contribution in [0.4, 0.5) is 10.1 Å². The number of aryl methyl sites for hydroxylation is 1. The predicted molar refractivity (Wildman–Crippen MR) is 152 cm³/mol. The van der Waals surface area contributed by atoms with Crippen LogP contribution in [0.25, 0.3) is 0 Å². The van der Waals surface area contributed by atoms with Gasteiger partial charge in [-0.15, -0.1) is 0 Å². The lowest BCUT2D eigenvalue weighted by Crippen LogP contribution is -2.53. The first-order valence-corrected chi connectivity index (χ1v) is 14.8. The first-order chi connectivity index (χ1) is 18.6. The van der Waals surface area contributed by atoms with Gasteiger partial charge in [0.05, 0.1) is 11.9 Å². The maximum atomic E-state index is 14.7. The van der Waals surface area contributed by atoms with Crippen molar-refractivity contribution in [3.8, 4) is 0 Å². The van der Waals surface area contributed by atoms with E-state index in [-0.39, 0.29) is 24.6 Å². The summed E-state index contributed by atoms with van der Waals surface area (Å²) in [6.45, 7) is 3.81. The van der Waals surface area contributed by atoms with Crippen LogP contribution < -0.4 is 9.62 Å². The molecular formula is C30H36FN3O4S. The van der Waals surface area contributed by atoms with E-state index in [9.17, 15) is 22.4 Å². The number of carbonyl (C=O) groups is 2. The van der Waals surface area contributed by atoms with E-state index in [1.807, 2.05) is 68.4 Å². The van der Waals surface area contributed by atoms with Crippen LogP contribution in [0.3, 0.4) is 0 Å². The zero-order valence-electron chi connectivity index (χ0n) is 22.6. The van der Waals surface area contributed by atoms with Gasteiger partial charge in [0.1, 0.15) is 18.4 Å². The van der Waals surface area contributed by atoms with Crippen molar-refractivity contribution in [3.63, 3.8) is 0 Å². The van der Waals surface area contributed by atoms with Crippen LogP contribution in [0, 0.1) is 12.7 Å². The van der Waals surface area contributed by atoms with Crippen molar-refractivity contribution in [1.29, 1.82) is 0 Å². The number of anilines is 1. The third-order valence-corrected chi connectivity index (χ3v) is 7.63. The van der Waals surface area contributed by atoms with Crippen molar-refractivity contribution in [2.45, 2.75) is 45.7 Å². The second kappa shape index (κ2) is 13.9. The minimum Gasteiger partial charge on any atom is -0.354 e. The predicted octanol–water partition coefficient (Wildman–Crippen LogP) is 4.46. The lowest BCUT2D eigenvalue weighted by atomic mass is 10.0. The van der Waals surface area contributed by atoms with Crippen molar-refractivity contribution in [3.05, 3.63) is 101 Å². The number of amides is 2. The second-order valence-corrected chi connectivity index (χ2v) is 11.4. The van der Waals surface area contributed by atoms with Crippen LogP contribution in [0.2, 0.25) is 0 Å². The number of sulfonamides is 1. The van der Waals surface area contributed by atoms with E-state index in [0.717, 1.165) is 46.2 Å². The number of carbonyl (C=O) groups excluding carboxylic acids is 2. The Hall–Kier alpha value is -3.72. The molecule has 0 aliphatic carbocycles.